The zero-order valence-electron chi connectivity index (χ0n) is 16.4. The fraction of sp³-hybridized carbons (Fsp3) is 0.700. The highest BCUT2D eigenvalue weighted by Crippen LogP contribution is 2.19. The Morgan fingerprint density at radius 3 is 2.42 bits per heavy atom. The third kappa shape index (κ3) is 4.74. The van der Waals surface area contributed by atoms with E-state index in [9.17, 15) is 4.79 Å². The molecule has 0 bridgehead atoms. The molecule has 2 atom stereocenters. The monoisotopic (exact) mass is 359 g/mol. The summed E-state index contributed by atoms with van der Waals surface area (Å²) in [6.07, 6.45) is 5.57. The highest BCUT2D eigenvalue weighted by atomic mass is 16.2. The maximum atomic E-state index is 12.4. The fourth-order valence-electron chi connectivity index (χ4n) is 4.39. The number of anilines is 2. The molecule has 1 aromatic heterocycles. The summed E-state index contributed by atoms with van der Waals surface area (Å²) in [5, 5.41) is 3.00. The number of piperazine rings is 1. The number of amides is 1. The summed E-state index contributed by atoms with van der Waals surface area (Å²) in [7, 11) is 0. The standard InChI is InChI=1S/C20H33N5O/c1-4-25-16(2)13-23(14-17(25)3)15-20(26)22-18-8-9-19(21-12-18)24-10-6-5-7-11-24/h8-9,12,16-17H,4-7,10-11,13-15H2,1-3H3,(H,22,26)/t16-,17+. The Kier molecular flexibility index (Phi) is 6.48. The molecular formula is C20H33N5O. The third-order valence-corrected chi connectivity index (χ3v) is 5.62. The van der Waals surface area contributed by atoms with Crippen LogP contribution in [0.3, 0.4) is 0 Å². The average molecular weight is 360 g/mol. The Balaban J connectivity index is 1.50. The summed E-state index contributed by atoms with van der Waals surface area (Å²) in [5.41, 5.74) is 0.782. The lowest BCUT2D eigenvalue weighted by Gasteiger charge is -2.43. The first-order valence-electron chi connectivity index (χ1n) is 10.1. The van der Waals surface area contributed by atoms with Gasteiger partial charge in [0.1, 0.15) is 5.82 Å². The Labute approximate surface area is 157 Å². The molecule has 0 aromatic carbocycles. The molecule has 0 saturated carbocycles. The molecule has 3 rings (SSSR count). The molecule has 2 saturated heterocycles. The van der Waals surface area contributed by atoms with Crippen molar-refractivity contribution >= 4 is 17.4 Å². The van der Waals surface area contributed by atoms with E-state index >= 15 is 0 Å². The minimum Gasteiger partial charge on any atom is -0.357 e. The molecular weight excluding hydrogens is 326 g/mol. The van der Waals surface area contributed by atoms with Crippen LogP contribution in [-0.2, 0) is 4.79 Å². The molecule has 6 nitrogen and oxygen atoms in total. The molecule has 1 amide bonds. The topological polar surface area (TPSA) is 51.7 Å². The quantitative estimate of drug-likeness (QED) is 0.875. The predicted octanol–water partition coefficient (Wildman–Crippen LogP) is 2.42. The number of hydrogen-bond acceptors (Lipinski definition) is 5. The Morgan fingerprint density at radius 2 is 1.85 bits per heavy atom. The van der Waals surface area contributed by atoms with Gasteiger partial charge in [-0.05, 0) is 51.8 Å². The molecule has 0 spiro atoms. The summed E-state index contributed by atoms with van der Waals surface area (Å²) in [5.74, 6) is 1.06. The summed E-state index contributed by atoms with van der Waals surface area (Å²) in [6, 6.07) is 4.96. The lowest BCUT2D eigenvalue weighted by atomic mass is 10.1. The van der Waals surface area contributed by atoms with Gasteiger partial charge in [-0.15, -0.1) is 0 Å². The molecule has 2 aliphatic heterocycles. The normalized spacial score (nSPS) is 25.3. The van der Waals surface area contributed by atoms with Gasteiger partial charge in [0.2, 0.25) is 5.91 Å². The van der Waals surface area contributed by atoms with E-state index < -0.39 is 0 Å². The number of hydrogen-bond donors (Lipinski definition) is 1. The Bertz CT molecular complexity index is 572. The first kappa shape index (κ1) is 19.1. The average Bonchev–Trinajstić information content (AvgIpc) is 2.63. The van der Waals surface area contributed by atoms with Gasteiger partial charge >= 0.3 is 0 Å². The fourth-order valence-corrected chi connectivity index (χ4v) is 4.39. The van der Waals surface area contributed by atoms with Crippen LogP contribution >= 0.6 is 0 Å². The number of carbonyl (C=O) groups is 1. The van der Waals surface area contributed by atoms with Gasteiger partial charge in [0, 0.05) is 38.3 Å². The number of piperidine rings is 1. The van der Waals surface area contributed by atoms with Crippen molar-refractivity contribution in [2.75, 3.05) is 49.5 Å². The number of carbonyl (C=O) groups excluding carboxylic acids is 1. The summed E-state index contributed by atoms with van der Waals surface area (Å²) >= 11 is 0. The van der Waals surface area contributed by atoms with E-state index in [1.807, 2.05) is 12.1 Å². The van der Waals surface area contributed by atoms with E-state index in [0.29, 0.717) is 18.6 Å². The van der Waals surface area contributed by atoms with Gasteiger partial charge < -0.3 is 10.2 Å². The number of nitrogens with zero attached hydrogens (tertiary/aromatic N) is 4. The number of pyridine rings is 1. The lowest BCUT2D eigenvalue weighted by molar-refractivity contribution is -0.118. The molecule has 26 heavy (non-hydrogen) atoms. The molecule has 2 aliphatic rings. The zero-order chi connectivity index (χ0) is 18.5. The minimum atomic E-state index is 0.0434. The SMILES string of the molecule is CCN1[C@H](C)CN(CC(=O)Nc2ccc(N3CCCCC3)nc2)C[C@@H]1C. The summed E-state index contributed by atoms with van der Waals surface area (Å²) < 4.78 is 0. The number of aromatic nitrogens is 1. The Morgan fingerprint density at radius 1 is 1.15 bits per heavy atom. The van der Waals surface area contributed by atoms with E-state index in [2.05, 4.69) is 45.8 Å². The molecule has 0 unspecified atom stereocenters. The van der Waals surface area contributed by atoms with Gasteiger partial charge in [0.05, 0.1) is 18.4 Å². The van der Waals surface area contributed by atoms with Gasteiger partial charge in [-0.3, -0.25) is 14.6 Å². The first-order chi connectivity index (χ1) is 12.6. The molecule has 6 heteroatoms. The highest BCUT2D eigenvalue weighted by molar-refractivity contribution is 5.92. The maximum Gasteiger partial charge on any atom is 0.238 e. The van der Waals surface area contributed by atoms with Crippen LogP contribution in [0.15, 0.2) is 18.3 Å². The molecule has 3 heterocycles. The van der Waals surface area contributed by atoms with Crippen LogP contribution < -0.4 is 10.2 Å². The Hall–Kier alpha value is -1.66. The smallest absolute Gasteiger partial charge is 0.238 e. The lowest BCUT2D eigenvalue weighted by Crippen LogP contribution is -2.57. The summed E-state index contributed by atoms with van der Waals surface area (Å²) in [6.45, 7) is 12.3. The van der Waals surface area contributed by atoms with E-state index in [1.165, 1.54) is 19.3 Å². The predicted molar refractivity (Wildman–Crippen MR) is 107 cm³/mol. The molecule has 1 N–H and O–H groups in total. The second-order valence-electron chi connectivity index (χ2n) is 7.72. The number of rotatable bonds is 5. The maximum absolute atomic E-state index is 12.4. The van der Waals surface area contributed by atoms with Crippen LogP contribution in [0, 0.1) is 0 Å². The number of nitrogens with one attached hydrogen (secondary N) is 1. The molecule has 144 valence electrons. The highest BCUT2D eigenvalue weighted by Gasteiger charge is 2.29. The van der Waals surface area contributed by atoms with Crippen LogP contribution in [0.25, 0.3) is 0 Å². The molecule has 0 radical (unpaired) electrons. The van der Waals surface area contributed by atoms with Crippen molar-refractivity contribution < 1.29 is 4.79 Å². The van der Waals surface area contributed by atoms with Gasteiger partial charge in [-0.25, -0.2) is 4.98 Å². The van der Waals surface area contributed by atoms with Crippen molar-refractivity contribution in [1.29, 1.82) is 0 Å². The van der Waals surface area contributed by atoms with Crippen molar-refractivity contribution in [3.8, 4) is 0 Å². The molecule has 2 fully saturated rings. The van der Waals surface area contributed by atoms with E-state index in [-0.39, 0.29) is 5.91 Å². The minimum absolute atomic E-state index is 0.0434. The summed E-state index contributed by atoms with van der Waals surface area (Å²) in [4.78, 5) is 24.0. The van der Waals surface area contributed by atoms with E-state index in [1.54, 1.807) is 6.20 Å². The van der Waals surface area contributed by atoms with Gasteiger partial charge in [-0.1, -0.05) is 6.92 Å². The first-order valence-corrected chi connectivity index (χ1v) is 10.1. The zero-order valence-corrected chi connectivity index (χ0v) is 16.4. The van der Waals surface area contributed by atoms with E-state index in [0.717, 1.165) is 44.2 Å². The second-order valence-corrected chi connectivity index (χ2v) is 7.72. The molecule has 0 aliphatic carbocycles. The van der Waals surface area contributed by atoms with Crippen molar-refractivity contribution in [3.05, 3.63) is 18.3 Å². The third-order valence-electron chi connectivity index (χ3n) is 5.62. The van der Waals surface area contributed by atoms with Crippen molar-refractivity contribution in [3.63, 3.8) is 0 Å². The van der Waals surface area contributed by atoms with E-state index in [4.69, 9.17) is 0 Å². The van der Waals surface area contributed by atoms with Crippen molar-refractivity contribution in [2.24, 2.45) is 0 Å². The van der Waals surface area contributed by atoms with Gasteiger partial charge in [0.15, 0.2) is 0 Å². The van der Waals surface area contributed by atoms with Crippen molar-refractivity contribution in [2.45, 2.75) is 52.1 Å². The van der Waals surface area contributed by atoms with Crippen molar-refractivity contribution in [1.82, 2.24) is 14.8 Å². The second kappa shape index (κ2) is 8.82. The van der Waals surface area contributed by atoms with Crippen LogP contribution in [-0.4, -0.2) is 72.0 Å². The van der Waals surface area contributed by atoms with Crippen LogP contribution in [0.4, 0.5) is 11.5 Å². The van der Waals surface area contributed by atoms with Gasteiger partial charge in [-0.2, -0.15) is 0 Å². The number of likely N-dealkylation sites (N-methyl/N-ethyl adjacent to an activating group) is 1. The molecule has 1 aromatic rings. The largest absolute Gasteiger partial charge is 0.357 e. The van der Waals surface area contributed by atoms with Gasteiger partial charge in [0.25, 0.3) is 0 Å². The van der Waals surface area contributed by atoms with Crippen LogP contribution in [0.1, 0.15) is 40.0 Å². The van der Waals surface area contributed by atoms with Crippen LogP contribution in [0.2, 0.25) is 0 Å². The van der Waals surface area contributed by atoms with Crippen LogP contribution in [0.5, 0.6) is 0 Å².